The number of anilines is 2. The van der Waals surface area contributed by atoms with Gasteiger partial charge in [-0.2, -0.15) is 5.10 Å². The summed E-state index contributed by atoms with van der Waals surface area (Å²) in [6.07, 6.45) is 6.17. The molecule has 2 aromatic heterocycles. The van der Waals surface area contributed by atoms with E-state index in [-0.39, 0.29) is 0 Å². The highest BCUT2D eigenvalue weighted by molar-refractivity contribution is 5.98. The first-order chi connectivity index (χ1) is 23.3. The van der Waals surface area contributed by atoms with Crippen LogP contribution in [-0.2, 0) is 20.9 Å². The molecule has 1 aliphatic heterocycles. The molecule has 264 valence electrons. The number of aromatic nitrogens is 4. The Morgan fingerprint density at radius 2 is 1.39 bits per heavy atom. The number of carboxylic acids is 3. The van der Waals surface area contributed by atoms with Gasteiger partial charge < -0.3 is 31.3 Å². The summed E-state index contributed by atoms with van der Waals surface area (Å²) in [7, 11) is 2.22. The normalized spacial score (nSPS) is 17.6. The van der Waals surface area contributed by atoms with Crippen LogP contribution in [0.1, 0.15) is 58.1 Å². The highest BCUT2D eigenvalue weighted by Crippen LogP contribution is 2.37. The van der Waals surface area contributed by atoms with Crippen LogP contribution >= 0.6 is 0 Å². The molecule has 1 aliphatic carbocycles. The zero-order chi connectivity index (χ0) is 35.9. The number of hydrogen-bond donors (Lipinski definition) is 5. The summed E-state index contributed by atoms with van der Waals surface area (Å²) in [6, 6.07) is 19.8. The number of nitrogens with two attached hydrogens (primary N) is 1. The van der Waals surface area contributed by atoms with Crippen LogP contribution in [0.25, 0.3) is 22.3 Å². The van der Waals surface area contributed by atoms with Crippen LogP contribution < -0.4 is 11.1 Å². The number of carbonyl (C=O) groups is 3. The van der Waals surface area contributed by atoms with E-state index in [0.717, 1.165) is 68.1 Å². The van der Waals surface area contributed by atoms with Gasteiger partial charge in [-0.15, -0.1) is 0 Å². The number of piperazine rings is 1. The maximum absolute atomic E-state index is 9.00. The predicted molar refractivity (Wildman–Crippen MR) is 189 cm³/mol. The van der Waals surface area contributed by atoms with E-state index in [2.05, 4.69) is 85.3 Å². The molecular weight excluding hydrogens is 628 g/mol. The minimum absolute atomic E-state index is 0.327. The summed E-state index contributed by atoms with van der Waals surface area (Å²) in [5.74, 6) is -2.01. The molecule has 14 nitrogen and oxygen atoms in total. The first kappa shape index (κ1) is 38.4. The number of hydrogen-bond acceptors (Lipinski definition) is 10. The Hall–Kier alpha value is -5.08. The van der Waals surface area contributed by atoms with Gasteiger partial charge in [-0.25, -0.2) is 14.6 Å². The zero-order valence-corrected chi connectivity index (χ0v) is 28.6. The highest BCUT2D eigenvalue weighted by Gasteiger charge is 2.30. The van der Waals surface area contributed by atoms with Gasteiger partial charge in [0.2, 0.25) is 0 Å². The first-order valence-electron chi connectivity index (χ1n) is 16.2. The molecule has 0 spiro atoms. The van der Waals surface area contributed by atoms with Gasteiger partial charge in [0, 0.05) is 70.8 Å². The van der Waals surface area contributed by atoms with Crippen LogP contribution in [-0.4, -0.2) is 102 Å². The van der Waals surface area contributed by atoms with Crippen molar-refractivity contribution in [1.82, 2.24) is 29.5 Å². The van der Waals surface area contributed by atoms with Gasteiger partial charge in [0.25, 0.3) is 17.9 Å². The van der Waals surface area contributed by atoms with Crippen LogP contribution in [0.3, 0.4) is 0 Å². The van der Waals surface area contributed by atoms with Gasteiger partial charge in [-0.05, 0) is 50.4 Å². The fourth-order valence-corrected chi connectivity index (χ4v) is 5.88. The molecule has 6 rings (SSSR count). The van der Waals surface area contributed by atoms with E-state index < -0.39 is 17.9 Å². The van der Waals surface area contributed by atoms with Crippen molar-refractivity contribution in [1.29, 1.82) is 0 Å². The van der Waals surface area contributed by atoms with Crippen molar-refractivity contribution >= 4 is 40.4 Å². The van der Waals surface area contributed by atoms with Crippen molar-refractivity contribution < 1.29 is 29.7 Å². The summed E-state index contributed by atoms with van der Waals surface area (Å²) in [4.78, 5) is 41.1. The molecule has 2 aliphatic rings. The largest absolute Gasteiger partial charge is 0.481 e. The number of nitrogens with zero attached hydrogens (tertiary/aromatic N) is 6. The van der Waals surface area contributed by atoms with E-state index >= 15 is 0 Å². The van der Waals surface area contributed by atoms with E-state index in [1.807, 2.05) is 6.07 Å². The molecule has 14 heteroatoms. The smallest absolute Gasteiger partial charge is 0.300 e. The molecule has 49 heavy (non-hydrogen) atoms. The second-order valence-electron chi connectivity index (χ2n) is 12.0. The summed E-state index contributed by atoms with van der Waals surface area (Å²) < 4.78 is 2.13. The van der Waals surface area contributed by atoms with Crippen molar-refractivity contribution in [2.24, 2.45) is 0 Å². The Morgan fingerprint density at radius 3 is 1.98 bits per heavy atom. The third-order valence-corrected chi connectivity index (χ3v) is 8.06. The molecule has 2 fully saturated rings. The van der Waals surface area contributed by atoms with Gasteiger partial charge in [0.15, 0.2) is 5.65 Å². The molecule has 2 aromatic carbocycles. The lowest BCUT2D eigenvalue weighted by Crippen LogP contribution is -2.49. The molecule has 1 saturated heterocycles. The molecule has 4 aromatic rings. The average Bonchev–Trinajstić information content (AvgIpc) is 3.45. The Bertz CT molecular complexity index is 1610. The zero-order valence-electron chi connectivity index (χ0n) is 28.6. The average molecular weight is 677 g/mol. The second-order valence-corrected chi connectivity index (χ2v) is 12.0. The molecule has 1 saturated carbocycles. The standard InChI is InChI=1S/C29H36N8.3C2H4O2/c1-35-14-16-36(17-15-35)24-10-12-25(13-11-24)37-29-26(28(30)32-20-33-29)27(34-37)22-8-5-9-23(18-22)31-19-21-6-3-2-4-7-21;3*1-2(3)4/h2-9,18,20,24-25,31H,10-17,19H2,1H3,(H2,30,32,33);3*1H3,(H,3,4). The SMILES string of the molecule is CC(=O)O.CC(=O)O.CC(=O)O.CN1CCN(C2CCC(n3nc(-c4cccc(NCc5ccccc5)c4)c4c(N)ncnc43)CC2)CC1. The quantitative estimate of drug-likeness (QED) is 0.189. The molecule has 0 amide bonds. The lowest BCUT2D eigenvalue weighted by molar-refractivity contribution is -0.135. The summed E-state index contributed by atoms with van der Waals surface area (Å²) in [5.41, 5.74) is 11.4. The van der Waals surface area contributed by atoms with E-state index in [1.165, 1.54) is 44.6 Å². The van der Waals surface area contributed by atoms with Crippen LogP contribution in [0, 0.1) is 0 Å². The number of nitrogens with one attached hydrogen (secondary N) is 1. The van der Waals surface area contributed by atoms with E-state index in [1.54, 1.807) is 6.33 Å². The third-order valence-electron chi connectivity index (χ3n) is 8.06. The van der Waals surface area contributed by atoms with Crippen LogP contribution in [0.15, 0.2) is 60.9 Å². The van der Waals surface area contributed by atoms with Crippen LogP contribution in [0.2, 0.25) is 0 Å². The monoisotopic (exact) mass is 676 g/mol. The second kappa shape index (κ2) is 19.1. The lowest BCUT2D eigenvalue weighted by Gasteiger charge is -2.41. The molecule has 0 bridgehead atoms. The van der Waals surface area contributed by atoms with Crippen molar-refractivity contribution in [3.05, 3.63) is 66.5 Å². The minimum Gasteiger partial charge on any atom is -0.481 e. The van der Waals surface area contributed by atoms with E-state index in [9.17, 15) is 0 Å². The molecule has 0 radical (unpaired) electrons. The number of nitrogen functional groups attached to an aromatic ring is 1. The molecular formula is C35H48N8O6. The van der Waals surface area contributed by atoms with Crippen LogP contribution in [0.5, 0.6) is 0 Å². The third kappa shape index (κ3) is 12.5. The number of benzene rings is 2. The van der Waals surface area contributed by atoms with Crippen LogP contribution in [0.4, 0.5) is 11.5 Å². The highest BCUT2D eigenvalue weighted by atomic mass is 16.4. The summed E-state index contributed by atoms with van der Waals surface area (Å²) >= 11 is 0. The molecule has 3 heterocycles. The molecule has 0 atom stereocenters. The van der Waals surface area contributed by atoms with Gasteiger partial charge in [0.05, 0.1) is 11.4 Å². The first-order valence-corrected chi connectivity index (χ1v) is 16.2. The Balaban J connectivity index is 0.000000472. The number of rotatable bonds is 6. The maximum atomic E-state index is 9.00. The fraction of sp³-hybridized carbons (Fsp3) is 0.429. The summed E-state index contributed by atoms with van der Waals surface area (Å²) in [5, 5.41) is 31.8. The van der Waals surface area contributed by atoms with E-state index in [4.69, 9.17) is 40.5 Å². The van der Waals surface area contributed by atoms with Gasteiger partial charge >= 0.3 is 0 Å². The van der Waals surface area contributed by atoms with E-state index in [0.29, 0.717) is 17.9 Å². The number of fused-ring (bicyclic) bond motifs is 1. The van der Waals surface area contributed by atoms with Crippen molar-refractivity contribution in [2.45, 2.75) is 65.1 Å². The van der Waals surface area contributed by atoms with Crippen molar-refractivity contribution in [3.63, 3.8) is 0 Å². The van der Waals surface area contributed by atoms with Crippen molar-refractivity contribution in [2.75, 3.05) is 44.3 Å². The number of aliphatic carboxylic acids is 3. The Morgan fingerprint density at radius 1 is 0.816 bits per heavy atom. The number of carboxylic acid groups (broad SMARTS) is 3. The predicted octanol–water partition coefficient (Wildman–Crippen LogP) is 4.69. The fourth-order valence-electron chi connectivity index (χ4n) is 5.88. The Kier molecular flexibility index (Phi) is 14.9. The summed E-state index contributed by atoms with van der Waals surface area (Å²) in [6.45, 7) is 8.71. The molecule has 6 N–H and O–H groups in total. The maximum Gasteiger partial charge on any atom is 0.300 e. The lowest BCUT2D eigenvalue weighted by atomic mass is 9.90. The molecule has 0 unspecified atom stereocenters. The topological polar surface area (TPSA) is 200 Å². The van der Waals surface area contributed by atoms with Gasteiger partial charge in [0.1, 0.15) is 17.8 Å². The van der Waals surface area contributed by atoms with Crippen molar-refractivity contribution in [3.8, 4) is 11.3 Å². The van der Waals surface area contributed by atoms with Gasteiger partial charge in [-0.1, -0.05) is 42.5 Å². The van der Waals surface area contributed by atoms with Gasteiger partial charge in [-0.3, -0.25) is 19.3 Å². The Labute approximate surface area is 286 Å². The number of likely N-dealkylation sites (N-methyl/N-ethyl adjacent to an activating group) is 1. The minimum atomic E-state index is -0.833.